The van der Waals surface area contributed by atoms with Gasteiger partial charge in [-0.25, -0.2) is 0 Å². The Bertz CT molecular complexity index is 975. The molecule has 27 heavy (non-hydrogen) atoms. The maximum Gasteiger partial charge on any atom is 0.271 e. The SMILES string of the molecule is CC(NC(=O)c1[nH]nc(NC(=O)c2ccccc2Cl)c1Br)c1ccccc1. The Morgan fingerprint density at radius 3 is 2.44 bits per heavy atom. The van der Waals surface area contributed by atoms with E-state index in [2.05, 4.69) is 36.8 Å². The van der Waals surface area contributed by atoms with Gasteiger partial charge in [0.2, 0.25) is 0 Å². The fourth-order valence-corrected chi connectivity index (χ4v) is 3.15. The molecule has 3 rings (SSSR count). The molecule has 3 aromatic rings. The third-order valence-corrected chi connectivity index (χ3v) is 5.03. The minimum Gasteiger partial charge on any atom is -0.344 e. The van der Waals surface area contributed by atoms with E-state index in [1.165, 1.54) is 0 Å². The first-order valence-corrected chi connectivity index (χ1v) is 9.30. The predicted molar refractivity (Wildman–Crippen MR) is 108 cm³/mol. The van der Waals surface area contributed by atoms with Gasteiger partial charge in [-0.1, -0.05) is 54.1 Å². The van der Waals surface area contributed by atoms with Gasteiger partial charge < -0.3 is 10.6 Å². The van der Waals surface area contributed by atoms with Gasteiger partial charge >= 0.3 is 0 Å². The number of aromatic nitrogens is 2. The average Bonchev–Trinajstić information content (AvgIpc) is 3.03. The summed E-state index contributed by atoms with van der Waals surface area (Å²) in [6.45, 7) is 1.89. The number of anilines is 1. The number of carbonyl (C=O) groups is 2. The number of H-pyrrole nitrogens is 1. The fraction of sp³-hybridized carbons (Fsp3) is 0.105. The van der Waals surface area contributed by atoms with E-state index in [9.17, 15) is 9.59 Å². The molecule has 1 aromatic heterocycles. The van der Waals surface area contributed by atoms with Crippen molar-refractivity contribution >= 4 is 45.2 Å². The first-order chi connectivity index (χ1) is 13.0. The van der Waals surface area contributed by atoms with Crippen LogP contribution < -0.4 is 10.6 Å². The van der Waals surface area contributed by atoms with Gasteiger partial charge in [-0.05, 0) is 40.5 Å². The molecule has 2 aromatic carbocycles. The van der Waals surface area contributed by atoms with Crippen LogP contribution in [0.3, 0.4) is 0 Å². The molecule has 1 heterocycles. The summed E-state index contributed by atoms with van der Waals surface area (Å²) in [6, 6.07) is 16.1. The van der Waals surface area contributed by atoms with Crippen LogP contribution in [0.1, 0.15) is 39.4 Å². The van der Waals surface area contributed by atoms with Gasteiger partial charge in [0.05, 0.1) is 21.1 Å². The lowest BCUT2D eigenvalue weighted by Gasteiger charge is -2.13. The monoisotopic (exact) mass is 446 g/mol. The molecule has 0 saturated carbocycles. The van der Waals surface area contributed by atoms with E-state index < -0.39 is 5.91 Å². The lowest BCUT2D eigenvalue weighted by molar-refractivity contribution is 0.0933. The van der Waals surface area contributed by atoms with Crippen molar-refractivity contribution < 1.29 is 9.59 Å². The molecule has 0 aliphatic rings. The van der Waals surface area contributed by atoms with Crippen LogP contribution in [0.25, 0.3) is 0 Å². The summed E-state index contributed by atoms with van der Waals surface area (Å²) in [7, 11) is 0. The molecule has 138 valence electrons. The summed E-state index contributed by atoms with van der Waals surface area (Å²) in [5.74, 6) is -0.557. The minimum absolute atomic E-state index is 0.185. The van der Waals surface area contributed by atoms with Crippen LogP contribution >= 0.6 is 27.5 Å². The Morgan fingerprint density at radius 2 is 1.74 bits per heavy atom. The quantitative estimate of drug-likeness (QED) is 0.535. The Kier molecular flexibility index (Phi) is 5.93. The van der Waals surface area contributed by atoms with E-state index in [0.29, 0.717) is 15.1 Å². The number of benzene rings is 2. The molecule has 6 nitrogen and oxygen atoms in total. The molecule has 0 bridgehead atoms. The lowest BCUT2D eigenvalue weighted by Crippen LogP contribution is -2.27. The molecule has 0 aliphatic heterocycles. The van der Waals surface area contributed by atoms with Gasteiger partial charge in [0.25, 0.3) is 11.8 Å². The molecule has 1 atom stereocenters. The standard InChI is InChI=1S/C19H16BrClN4O2/c1-11(12-7-3-2-4-8-12)22-19(27)16-15(20)17(25-24-16)23-18(26)13-9-5-6-10-14(13)21/h2-11H,1H3,(H,22,27)(H2,23,24,25,26). The van der Waals surface area contributed by atoms with Crippen LogP contribution in [-0.2, 0) is 0 Å². The molecule has 0 aliphatic carbocycles. The minimum atomic E-state index is -0.419. The average molecular weight is 448 g/mol. The highest BCUT2D eigenvalue weighted by atomic mass is 79.9. The fourth-order valence-electron chi connectivity index (χ4n) is 2.48. The number of carbonyl (C=O) groups excluding carboxylic acids is 2. The summed E-state index contributed by atoms with van der Waals surface area (Å²) < 4.78 is 0.362. The van der Waals surface area contributed by atoms with E-state index in [4.69, 9.17) is 11.6 Å². The van der Waals surface area contributed by atoms with Gasteiger partial charge in [-0.3, -0.25) is 14.7 Å². The number of hydrogen-bond acceptors (Lipinski definition) is 3. The Morgan fingerprint density at radius 1 is 1.07 bits per heavy atom. The molecule has 1 unspecified atom stereocenters. The summed E-state index contributed by atoms with van der Waals surface area (Å²) in [4.78, 5) is 24.9. The molecule has 3 N–H and O–H groups in total. The molecule has 0 fully saturated rings. The second-order valence-corrected chi connectivity index (χ2v) is 7.00. The second-order valence-electron chi connectivity index (χ2n) is 5.80. The van der Waals surface area contributed by atoms with Crippen LogP contribution in [0.15, 0.2) is 59.1 Å². The summed E-state index contributed by atoms with van der Waals surface area (Å²) in [5, 5.41) is 12.5. The van der Waals surface area contributed by atoms with E-state index in [-0.39, 0.29) is 23.5 Å². The van der Waals surface area contributed by atoms with E-state index >= 15 is 0 Å². The highest BCUT2D eigenvalue weighted by molar-refractivity contribution is 9.10. The second kappa shape index (κ2) is 8.37. The number of hydrogen-bond donors (Lipinski definition) is 3. The van der Waals surface area contributed by atoms with Gasteiger partial charge in [-0.15, -0.1) is 0 Å². The van der Waals surface area contributed by atoms with Crippen molar-refractivity contribution in [3.63, 3.8) is 0 Å². The number of nitrogens with one attached hydrogen (secondary N) is 3. The number of amides is 2. The third kappa shape index (κ3) is 4.37. The van der Waals surface area contributed by atoms with E-state index in [1.54, 1.807) is 24.3 Å². The smallest absolute Gasteiger partial charge is 0.271 e. The Labute approximate surface area is 169 Å². The highest BCUT2D eigenvalue weighted by Gasteiger charge is 2.21. The van der Waals surface area contributed by atoms with Crippen molar-refractivity contribution in [1.29, 1.82) is 0 Å². The van der Waals surface area contributed by atoms with Crippen LogP contribution in [-0.4, -0.2) is 22.0 Å². The molecular weight excluding hydrogens is 432 g/mol. The normalized spacial score (nSPS) is 11.7. The molecular formula is C19H16BrClN4O2. The van der Waals surface area contributed by atoms with Crippen molar-refractivity contribution in [1.82, 2.24) is 15.5 Å². The van der Waals surface area contributed by atoms with Crippen LogP contribution in [0, 0.1) is 0 Å². The van der Waals surface area contributed by atoms with Gasteiger partial charge in [-0.2, -0.15) is 5.10 Å². The van der Waals surface area contributed by atoms with Crippen molar-refractivity contribution in [3.8, 4) is 0 Å². The summed E-state index contributed by atoms with van der Waals surface area (Å²) in [6.07, 6.45) is 0. The van der Waals surface area contributed by atoms with Crippen molar-refractivity contribution in [3.05, 3.63) is 80.9 Å². The molecule has 2 amide bonds. The van der Waals surface area contributed by atoms with Gasteiger partial charge in [0.15, 0.2) is 5.82 Å². The highest BCUT2D eigenvalue weighted by Crippen LogP contribution is 2.26. The maximum atomic E-state index is 12.5. The lowest BCUT2D eigenvalue weighted by atomic mass is 10.1. The number of rotatable bonds is 5. The van der Waals surface area contributed by atoms with Crippen molar-refractivity contribution in [2.24, 2.45) is 0 Å². The summed E-state index contributed by atoms with van der Waals surface area (Å²) in [5.41, 5.74) is 1.51. The van der Waals surface area contributed by atoms with Crippen LogP contribution in [0.5, 0.6) is 0 Å². The van der Waals surface area contributed by atoms with Gasteiger partial charge in [0, 0.05) is 0 Å². The maximum absolute atomic E-state index is 12.5. The number of nitrogens with zero attached hydrogens (tertiary/aromatic N) is 1. The molecule has 0 radical (unpaired) electrons. The first-order valence-electron chi connectivity index (χ1n) is 8.13. The molecule has 0 saturated heterocycles. The molecule has 8 heteroatoms. The Balaban J connectivity index is 1.72. The largest absolute Gasteiger partial charge is 0.344 e. The predicted octanol–water partition coefficient (Wildman–Crippen LogP) is 4.57. The summed E-state index contributed by atoms with van der Waals surface area (Å²) >= 11 is 9.35. The number of aromatic amines is 1. The topological polar surface area (TPSA) is 86.9 Å². The van der Waals surface area contributed by atoms with E-state index in [0.717, 1.165) is 5.56 Å². The van der Waals surface area contributed by atoms with Gasteiger partial charge in [0.1, 0.15) is 5.69 Å². The number of halogens is 2. The van der Waals surface area contributed by atoms with Crippen LogP contribution in [0.4, 0.5) is 5.82 Å². The zero-order chi connectivity index (χ0) is 19.4. The third-order valence-electron chi connectivity index (χ3n) is 3.93. The van der Waals surface area contributed by atoms with E-state index in [1.807, 2.05) is 37.3 Å². The Hall–Kier alpha value is -2.64. The zero-order valence-corrected chi connectivity index (χ0v) is 16.6. The van der Waals surface area contributed by atoms with Crippen LogP contribution in [0.2, 0.25) is 5.02 Å². The zero-order valence-electron chi connectivity index (χ0n) is 14.3. The van der Waals surface area contributed by atoms with Crippen molar-refractivity contribution in [2.45, 2.75) is 13.0 Å². The van der Waals surface area contributed by atoms with Crippen molar-refractivity contribution in [2.75, 3.05) is 5.32 Å². The first kappa shape index (κ1) is 19.1. The molecule has 0 spiro atoms.